The summed E-state index contributed by atoms with van der Waals surface area (Å²) in [5.74, 6) is 0.621. The molecule has 0 radical (unpaired) electrons. The van der Waals surface area contributed by atoms with Gasteiger partial charge in [0.1, 0.15) is 5.82 Å². The predicted molar refractivity (Wildman–Crippen MR) is 84.3 cm³/mol. The number of aliphatic hydroxyl groups excluding tert-OH is 1. The fraction of sp³-hybridized carbons (Fsp3) is 0.500. The number of hydrogen-bond acceptors (Lipinski definition) is 5. The van der Waals surface area contributed by atoms with E-state index in [1.54, 1.807) is 29.9 Å². The summed E-state index contributed by atoms with van der Waals surface area (Å²) in [5.41, 5.74) is 1.10. The Morgan fingerprint density at radius 2 is 2.23 bits per heavy atom. The number of rotatable bonds is 4. The minimum absolute atomic E-state index is 0.0201. The molecule has 2 aromatic heterocycles. The second kappa shape index (κ2) is 5.77. The van der Waals surface area contributed by atoms with Crippen LogP contribution in [0.3, 0.4) is 0 Å². The number of nitrogens with zero attached hydrogens (tertiary/aromatic N) is 3. The summed E-state index contributed by atoms with van der Waals surface area (Å²) in [5, 5.41) is 13.7. The number of sulfonamides is 1. The number of aliphatic hydroxyl groups is 1. The molecule has 2 aromatic rings. The van der Waals surface area contributed by atoms with E-state index in [1.807, 2.05) is 16.8 Å². The first kappa shape index (κ1) is 15.7. The van der Waals surface area contributed by atoms with E-state index in [-0.39, 0.29) is 23.5 Å². The molecule has 1 N–H and O–H groups in total. The highest BCUT2D eigenvalue weighted by Gasteiger charge is 2.40. The molecule has 0 aromatic carbocycles. The molecule has 0 spiro atoms. The van der Waals surface area contributed by atoms with Gasteiger partial charge >= 0.3 is 0 Å². The maximum Gasteiger partial charge on any atom is 0.262 e. The number of hydrogen-bond donors (Lipinski definition) is 1. The topological polar surface area (TPSA) is 75.4 Å². The van der Waals surface area contributed by atoms with Crippen LogP contribution in [0, 0.1) is 12.8 Å². The van der Waals surface area contributed by atoms with E-state index < -0.39 is 10.0 Å². The van der Waals surface area contributed by atoms with Gasteiger partial charge < -0.3 is 9.67 Å². The molecular weight excluding hydrogens is 322 g/mol. The van der Waals surface area contributed by atoms with Crippen LogP contribution in [0.15, 0.2) is 28.0 Å². The van der Waals surface area contributed by atoms with Gasteiger partial charge in [-0.25, -0.2) is 13.4 Å². The number of aryl methyl sites for hydroxylation is 2. The lowest BCUT2D eigenvalue weighted by Gasteiger charge is -2.14. The maximum absolute atomic E-state index is 12.7. The first-order chi connectivity index (χ1) is 10.4. The summed E-state index contributed by atoms with van der Waals surface area (Å²) in [6.07, 6.45) is 1.54. The van der Waals surface area contributed by atoms with Crippen molar-refractivity contribution in [1.29, 1.82) is 0 Å². The zero-order chi connectivity index (χ0) is 15.9. The normalized spacial score (nSPS) is 23.2. The minimum Gasteiger partial charge on any atom is -0.396 e. The van der Waals surface area contributed by atoms with Gasteiger partial charge in [0, 0.05) is 44.8 Å². The summed E-state index contributed by atoms with van der Waals surface area (Å²) in [6, 6.07) is 2.00. The molecule has 1 fully saturated rings. The third-order valence-corrected chi connectivity index (χ3v) is 6.71. The third-order valence-electron chi connectivity index (χ3n) is 4.30. The van der Waals surface area contributed by atoms with E-state index >= 15 is 0 Å². The largest absolute Gasteiger partial charge is 0.396 e. The van der Waals surface area contributed by atoms with Crippen LogP contribution in [0.25, 0.3) is 0 Å². The summed E-state index contributed by atoms with van der Waals surface area (Å²) in [6.45, 7) is 2.47. The third kappa shape index (κ3) is 2.60. The molecule has 120 valence electrons. The van der Waals surface area contributed by atoms with Crippen LogP contribution in [-0.2, 0) is 17.1 Å². The van der Waals surface area contributed by atoms with Crippen LogP contribution >= 0.6 is 11.3 Å². The molecule has 1 aliphatic heterocycles. The van der Waals surface area contributed by atoms with E-state index in [0.29, 0.717) is 18.9 Å². The van der Waals surface area contributed by atoms with E-state index in [1.165, 1.54) is 10.5 Å². The van der Waals surface area contributed by atoms with E-state index in [4.69, 9.17) is 0 Å². The zero-order valence-electron chi connectivity index (χ0n) is 12.5. The second-order valence-electron chi connectivity index (χ2n) is 5.67. The molecule has 0 bridgehead atoms. The Hall–Kier alpha value is -1.22. The molecule has 0 unspecified atom stereocenters. The lowest BCUT2D eigenvalue weighted by atomic mass is 9.92. The molecule has 8 heteroatoms. The monoisotopic (exact) mass is 341 g/mol. The highest BCUT2D eigenvalue weighted by molar-refractivity contribution is 7.89. The van der Waals surface area contributed by atoms with E-state index in [9.17, 15) is 13.5 Å². The smallest absolute Gasteiger partial charge is 0.262 e. The van der Waals surface area contributed by atoms with Crippen LogP contribution in [0.1, 0.15) is 17.3 Å². The van der Waals surface area contributed by atoms with Gasteiger partial charge in [-0.05, 0) is 29.3 Å². The Balaban J connectivity index is 1.89. The van der Waals surface area contributed by atoms with Gasteiger partial charge in [-0.2, -0.15) is 15.6 Å². The Bertz CT molecular complexity index is 733. The summed E-state index contributed by atoms with van der Waals surface area (Å²) in [7, 11) is -1.84. The molecular formula is C14H19N3O3S2. The van der Waals surface area contributed by atoms with Gasteiger partial charge in [0.25, 0.3) is 10.0 Å². The van der Waals surface area contributed by atoms with Crippen molar-refractivity contribution in [3.63, 3.8) is 0 Å². The van der Waals surface area contributed by atoms with Crippen molar-refractivity contribution in [2.24, 2.45) is 13.0 Å². The maximum atomic E-state index is 12.7. The van der Waals surface area contributed by atoms with Gasteiger partial charge in [0.05, 0.1) is 0 Å². The average Bonchev–Trinajstić information content (AvgIpc) is 3.18. The number of imidazole rings is 1. The molecule has 3 rings (SSSR count). The molecule has 2 atom stereocenters. The van der Waals surface area contributed by atoms with Crippen molar-refractivity contribution in [3.8, 4) is 0 Å². The Morgan fingerprint density at radius 3 is 2.77 bits per heavy atom. The first-order valence-corrected chi connectivity index (χ1v) is 9.45. The fourth-order valence-electron chi connectivity index (χ4n) is 2.86. The summed E-state index contributed by atoms with van der Waals surface area (Å²) >= 11 is 1.58. The average molecular weight is 341 g/mol. The molecule has 0 amide bonds. The van der Waals surface area contributed by atoms with Crippen LogP contribution in [-0.4, -0.2) is 47.1 Å². The number of aromatic nitrogens is 2. The fourth-order valence-corrected chi connectivity index (χ4v) is 5.13. The molecule has 1 saturated heterocycles. The van der Waals surface area contributed by atoms with Crippen molar-refractivity contribution >= 4 is 21.4 Å². The lowest BCUT2D eigenvalue weighted by Crippen LogP contribution is -2.29. The van der Waals surface area contributed by atoms with Crippen LogP contribution in [0.5, 0.6) is 0 Å². The SMILES string of the molecule is Cc1nc(S(=O)(=O)N2C[C@H](CO)[C@H](c3ccsc3)C2)cn1C. The van der Waals surface area contributed by atoms with Crippen LogP contribution in [0.4, 0.5) is 0 Å². The summed E-state index contributed by atoms with van der Waals surface area (Å²) < 4.78 is 28.6. The second-order valence-corrected chi connectivity index (χ2v) is 8.33. The van der Waals surface area contributed by atoms with Crippen molar-refractivity contribution in [3.05, 3.63) is 34.4 Å². The van der Waals surface area contributed by atoms with Crippen molar-refractivity contribution in [2.45, 2.75) is 17.9 Å². The molecule has 1 aliphatic rings. The Morgan fingerprint density at radius 1 is 1.45 bits per heavy atom. The van der Waals surface area contributed by atoms with Crippen LogP contribution < -0.4 is 0 Å². The molecule has 0 saturated carbocycles. The molecule has 6 nitrogen and oxygen atoms in total. The molecule has 22 heavy (non-hydrogen) atoms. The predicted octanol–water partition coefficient (Wildman–Crippen LogP) is 1.19. The first-order valence-electron chi connectivity index (χ1n) is 7.06. The van der Waals surface area contributed by atoms with Crippen molar-refractivity contribution in [2.75, 3.05) is 19.7 Å². The quantitative estimate of drug-likeness (QED) is 0.906. The zero-order valence-corrected chi connectivity index (χ0v) is 14.1. The van der Waals surface area contributed by atoms with Gasteiger partial charge in [-0.3, -0.25) is 0 Å². The van der Waals surface area contributed by atoms with Crippen molar-refractivity contribution in [1.82, 2.24) is 13.9 Å². The highest BCUT2D eigenvalue weighted by atomic mass is 32.2. The van der Waals surface area contributed by atoms with E-state index in [2.05, 4.69) is 4.98 Å². The van der Waals surface area contributed by atoms with Gasteiger partial charge in [-0.1, -0.05) is 0 Å². The van der Waals surface area contributed by atoms with Gasteiger partial charge in [0.2, 0.25) is 0 Å². The minimum atomic E-state index is -3.61. The number of thiophene rings is 1. The van der Waals surface area contributed by atoms with Gasteiger partial charge in [0.15, 0.2) is 5.03 Å². The standard InChI is InChI=1S/C14H19N3O3S2/c1-10-15-14(7-16(10)2)22(19,20)17-5-12(8-18)13(6-17)11-3-4-21-9-11/h3-4,7,9,12-13,18H,5-6,8H2,1-2H3/t12-,13+/m1/s1. The van der Waals surface area contributed by atoms with Gasteiger partial charge in [-0.15, -0.1) is 0 Å². The molecule has 3 heterocycles. The lowest BCUT2D eigenvalue weighted by molar-refractivity contribution is 0.223. The Kier molecular flexibility index (Phi) is 4.11. The highest BCUT2D eigenvalue weighted by Crippen LogP contribution is 2.36. The summed E-state index contributed by atoms with van der Waals surface area (Å²) in [4.78, 5) is 4.14. The molecule has 0 aliphatic carbocycles. The Labute approximate surface area is 134 Å². The van der Waals surface area contributed by atoms with E-state index in [0.717, 1.165) is 5.56 Å². The van der Waals surface area contributed by atoms with Crippen LogP contribution in [0.2, 0.25) is 0 Å². The van der Waals surface area contributed by atoms with Crippen molar-refractivity contribution < 1.29 is 13.5 Å².